The second-order valence-electron chi connectivity index (χ2n) is 5.45. The van der Waals surface area contributed by atoms with Gasteiger partial charge in [0.25, 0.3) is 0 Å². The SMILES string of the molecule is COc1ccc(-c2nc(C(C#N)=C3CCCC3)sc2C)cc1. The zero-order valence-corrected chi connectivity index (χ0v) is 13.7. The van der Waals surface area contributed by atoms with E-state index < -0.39 is 0 Å². The summed E-state index contributed by atoms with van der Waals surface area (Å²) < 4.78 is 5.20. The molecular weight excluding hydrogens is 292 g/mol. The summed E-state index contributed by atoms with van der Waals surface area (Å²) in [5, 5.41) is 10.4. The zero-order chi connectivity index (χ0) is 15.5. The molecule has 0 bridgehead atoms. The third kappa shape index (κ3) is 2.77. The van der Waals surface area contributed by atoms with E-state index >= 15 is 0 Å². The van der Waals surface area contributed by atoms with Crippen molar-refractivity contribution < 1.29 is 4.74 Å². The minimum Gasteiger partial charge on any atom is -0.497 e. The van der Waals surface area contributed by atoms with Gasteiger partial charge < -0.3 is 4.74 Å². The van der Waals surface area contributed by atoms with Gasteiger partial charge in [-0.2, -0.15) is 5.26 Å². The lowest BCUT2D eigenvalue weighted by atomic mass is 10.1. The maximum atomic E-state index is 9.52. The maximum Gasteiger partial charge on any atom is 0.134 e. The Labute approximate surface area is 134 Å². The highest BCUT2D eigenvalue weighted by Gasteiger charge is 2.18. The predicted octanol–water partition coefficient (Wildman–Crippen LogP) is 4.98. The summed E-state index contributed by atoms with van der Waals surface area (Å²) in [4.78, 5) is 5.89. The molecule has 0 saturated heterocycles. The number of aryl methyl sites for hydroxylation is 1. The second-order valence-corrected chi connectivity index (χ2v) is 6.65. The molecular formula is C18H18N2OS. The van der Waals surface area contributed by atoms with E-state index in [9.17, 15) is 5.26 Å². The Balaban J connectivity index is 2.00. The van der Waals surface area contributed by atoms with Crippen LogP contribution in [-0.2, 0) is 0 Å². The Morgan fingerprint density at radius 2 is 1.91 bits per heavy atom. The normalized spacial score (nSPS) is 14.0. The van der Waals surface area contributed by atoms with Crippen molar-refractivity contribution in [2.45, 2.75) is 32.6 Å². The summed E-state index contributed by atoms with van der Waals surface area (Å²) in [6.45, 7) is 2.06. The Morgan fingerprint density at radius 3 is 2.50 bits per heavy atom. The van der Waals surface area contributed by atoms with Crippen molar-refractivity contribution in [1.82, 2.24) is 4.98 Å². The number of hydrogen-bond acceptors (Lipinski definition) is 4. The lowest BCUT2D eigenvalue weighted by molar-refractivity contribution is 0.415. The molecule has 1 aromatic heterocycles. The van der Waals surface area contributed by atoms with Crippen molar-refractivity contribution in [1.29, 1.82) is 5.26 Å². The highest BCUT2D eigenvalue weighted by Crippen LogP contribution is 2.36. The highest BCUT2D eigenvalue weighted by molar-refractivity contribution is 7.13. The molecule has 1 aromatic carbocycles. The van der Waals surface area contributed by atoms with Gasteiger partial charge in [0.1, 0.15) is 16.8 Å². The van der Waals surface area contributed by atoms with Crippen LogP contribution in [0.1, 0.15) is 35.6 Å². The van der Waals surface area contributed by atoms with E-state index in [-0.39, 0.29) is 0 Å². The van der Waals surface area contributed by atoms with Gasteiger partial charge in [0, 0.05) is 10.4 Å². The van der Waals surface area contributed by atoms with Crippen LogP contribution in [0.5, 0.6) is 5.75 Å². The smallest absolute Gasteiger partial charge is 0.134 e. The van der Waals surface area contributed by atoms with Crippen LogP contribution in [0.15, 0.2) is 29.8 Å². The molecule has 3 rings (SSSR count). The molecule has 3 nitrogen and oxygen atoms in total. The quantitative estimate of drug-likeness (QED) is 0.751. The number of benzene rings is 1. The molecule has 1 saturated carbocycles. The molecule has 0 radical (unpaired) electrons. The summed E-state index contributed by atoms with van der Waals surface area (Å²) in [6.07, 6.45) is 4.46. The van der Waals surface area contributed by atoms with Crippen LogP contribution >= 0.6 is 11.3 Å². The molecule has 1 aliphatic rings. The molecule has 22 heavy (non-hydrogen) atoms. The molecule has 112 valence electrons. The number of hydrogen-bond donors (Lipinski definition) is 0. The fourth-order valence-electron chi connectivity index (χ4n) is 2.85. The van der Waals surface area contributed by atoms with Gasteiger partial charge in [0.05, 0.1) is 18.4 Å². The fourth-order valence-corrected chi connectivity index (χ4v) is 3.83. The summed E-state index contributed by atoms with van der Waals surface area (Å²) in [5.74, 6) is 0.836. The van der Waals surface area contributed by atoms with E-state index in [1.807, 2.05) is 24.3 Å². The van der Waals surface area contributed by atoms with Crippen molar-refractivity contribution in [3.05, 3.63) is 39.7 Å². The maximum absolute atomic E-state index is 9.52. The Hall–Kier alpha value is -2.12. The van der Waals surface area contributed by atoms with Crippen molar-refractivity contribution in [2.24, 2.45) is 0 Å². The van der Waals surface area contributed by atoms with E-state index in [2.05, 4.69) is 13.0 Å². The molecule has 0 N–H and O–H groups in total. The number of nitriles is 1. The molecule has 0 unspecified atom stereocenters. The number of aromatic nitrogens is 1. The van der Waals surface area contributed by atoms with Crippen LogP contribution in [0.25, 0.3) is 16.8 Å². The van der Waals surface area contributed by atoms with Crippen LogP contribution in [-0.4, -0.2) is 12.1 Å². The lowest BCUT2D eigenvalue weighted by Crippen LogP contribution is -1.87. The van der Waals surface area contributed by atoms with Gasteiger partial charge in [-0.05, 0) is 62.4 Å². The van der Waals surface area contributed by atoms with Crippen LogP contribution in [0, 0.1) is 18.3 Å². The van der Waals surface area contributed by atoms with E-state index in [0.717, 1.165) is 45.3 Å². The number of thiazole rings is 1. The third-order valence-electron chi connectivity index (χ3n) is 4.05. The Bertz CT molecular complexity index is 742. The average molecular weight is 310 g/mol. The Kier molecular flexibility index (Phi) is 4.26. The fraction of sp³-hybridized carbons (Fsp3) is 0.333. The number of nitrogens with zero attached hydrogens (tertiary/aromatic N) is 2. The van der Waals surface area contributed by atoms with Gasteiger partial charge in [0.15, 0.2) is 0 Å². The largest absolute Gasteiger partial charge is 0.497 e. The first-order valence-corrected chi connectivity index (χ1v) is 8.29. The average Bonchev–Trinajstić information content (AvgIpc) is 3.19. The second kappa shape index (κ2) is 6.33. The molecule has 2 aromatic rings. The monoisotopic (exact) mass is 310 g/mol. The number of allylic oxidation sites excluding steroid dienone is 2. The summed E-state index contributed by atoms with van der Waals surface area (Å²) in [5.41, 5.74) is 4.10. The first-order valence-electron chi connectivity index (χ1n) is 7.47. The minimum absolute atomic E-state index is 0.797. The number of ether oxygens (including phenoxy) is 1. The molecule has 0 aliphatic heterocycles. The summed E-state index contributed by atoms with van der Waals surface area (Å²) in [6, 6.07) is 10.3. The van der Waals surface area contributed by atoms with Gasteiger partial charge in [0.2, 0.25) is 0 Å². The lowest BCUT2D eigenvalue weighted by Gasteiger charge is -2.02. The van der Waals surface area contributed by atoms with Crippen LogP contribution < -0.4 is 4.74 Å². The third-order valence-corrected chi connectivity index (χ3v) is 5.03. The van der Waals surface area contributed by atoms with Gasteiger partial charge >= 0.3 is 0 Å². The van der Waals surface area contributed by atoms with Crippen LogP contribution in [0.2, 0.25) is 0 Å². The topological polar surface area (TPSA) is 45.9 Å². The first kappa shape index (κ1) is 14.8. The molecule has 4 heteroatoms. The minimum atomic E-state index is 0.797. The molecule has 1 heterocycles. The van der Waals surface area contributed by atoms with E-state index in [0.29, 0.717) is 0 Å². The zero-order valence-electron chi connectivity index (χ0n) is 12.8. The van der Waals surface area contributed by atoms with E-state index in [1.54, 1.807) is 18.4 Å². The first-order chi connectivity index (χ1) is 10.7. The van der Waals surface area contributed by atoms with Gasteiger partial charge in [-0.1, -0.05) is 0 Å². The Morgan fingerprint density at radius 1 is 1.23 bits per heavy atom. The molecule has 1 aliphatic carbocycles. The highest BCUT2D eigenvalue weighted by atomic mass is 32.1. The van der Waals surface area contributed by atoms with Gasteiger partial charge in [-0.3, -0.25) is 0 Å². The van der Waals surface area contributed by atoms with Gasteiger partial charge in [-0.25, -0.2) is 4.98 Å². The van der Waals surface area contributed by atoms with E-state index in [4.69, 9.17) is 9.72 Å². The van der Waals surface area contributed by atoms with Gasteiger partial charge in [-0.15, -0.1) is 11.3 Å². The van der Waals surface area contributed by atoms with Crippen molar-refractivity contribution in [2.75, 3.05) is 7.11 Å². The summed E-state index contributed by atoms with van der Waals surface area (Å²) in [7, 11) is 1.66. The molecule has 1 fully saturated rings. The van der Waals surface area contributed by atoms with Crippen LogP contribution in [0.4, 0.5) is 0 Å². The van der Waals surface area contributed by atoms with Crippen LogP contribution in [0.3, 0.4) is 0 Å². The predicted molar refractivity (Wildman–Crippen MR) is 89.8 cm³/mol. The molecule has 0 spiro atoms. The van der Waals surface area contributed by atoms with E-state index in [1.165, 1.54) is 18.4 Å². The molecule has 0 atom stereocenters. The number of rotatable bonds is 3. The van der Waals surface area contributed by atoms with Crippen molar-refractivity contribution in [3.8, 4) is 23.1 Å². The molecule has 0 amide bonds. The van der Waals surface area contributed by atoms with Crippen molar-refractivity contribution >= 4 is 16.9 Å². The standard InChI is InChI=1S/C18H18N2OS/c1-12-17(14-7-9-15(21-2)10-8-14)20-18(22-12)16(11-19)13-5-3-4-6-13/h7-10H,3-6H2,1-2H3. The number of methoxy groups -OCH3 is 1. The van der Waals surface area contributed by atoms with Crippen molar-refractivity contribution in [3.63, 3.8) is 0 Å². The summed E-state index contributed by atoms with van der Waals surface area (Å²) >= 11 is 1.62.